The van der Waals surface area contributed by atoms with Gasteiger partial charge in [0.05, 0.1) is 6.04 Å². The minimum Gasteiger partial charge on any atom is -0.508 e. The maximum Gasteiger partial charge on any atom is 0.326 e. The molecule has 10 nitrogen and oxygen atoms in total. The summed E-state index contributed by atoms with van der Waals surface area (Å²) in [7, 11) is 0. The van der Waals surface area contributed by atoms with Crippen LogP contribution >= 0.6 is 0 Å². The van der Waals surface area contributed by atoms with Gasteiger partial charge in [-0.15, -0.1) is 0 Å². The summed E-state index contributed by atoms with van der Waals surface area (Å²) in [4.78, 5) is 53.7. The summed E-state index contributed by atoms with van der Waals surface area (Å²) in [6, 6.07) is 20.6. The lowest BCUT2D eigenvalue weighted by atomic mass is 10.0. The third-order valence-corrected chi connectivity index (χ3v) is 7.36. The van der Waals surface area contributed by atoms with Gasteiger partial charge in [-0.1, -0.05) is 72.8 Å². The van der Waals surface area contributed by atoms with Gasteiger partial charge in [0.25, 0.3) is 0 Å². The Hall–Kier alpha value is -4.70. The second-order valence-electron chi connectivity index (χ2n) is 10.5. The normalized spacial score (nSPS) is 16.7. The maximum atomic E-state index is 13.8. The number of nitrogens with one attached hydrogen (secondary N) is 2. The van der Waals surface area contributed by atoms with Crippen LogP contribution in [0, 0.1) is 0 Å². The molecule has 3 aromatic rings. The molecule has 0 saturated carbocycles. The number of phenolic OH excluding ortho intramolecular Hbond substituents is 1. The molecule has 0 aromatic heterocycles. The van der Waals surface area contributed by atoms with Crippen LogP contribution in [0.3, 0.4) is 0 Å². The molecule has 0 spiro atoms. The highest BCUT2D eigenvalue weighted by molar-refractivity contribution is 5.94. The van der Waals surface area contributed by atoms with Crippen molar-refractivity contribution < 1.29 is 29.4 Å². The lowest BCUT2D eigenvalue weighted by Crippen LogP contribution is -2.58. The van der Waals surface area contributed by atoms with Crippen LogP contribution in [0.2, 0.25) is 0 Å². The highest BCUT2D eigenvalue weighted by atomic mass is 16.4. The standard InChI is InChI=1S/C32H36N4O6/c33-25(18-21-8-3-1-4-9-21)29(38)34-26(19-22-10-5-2-6-11-22)30(39)35-27(20-23-13-15-24(37)16-14-23)31(40)36-17-7-12-28(36)32(41)42/h1-6,8-11,13-16,25-28,37H,7,12,17-20,33H2,(H,34,38)(H,35,39)(H,41,42). The Labute approximate surface area is 244 Å². The zero-order chi connectivity index (χ0) is 30.1. The first-order chi connectivity index (χ1) is 20.2. The van der Waals surface area contributed by atoms with Gasteiger partial charge in [-0.2, -0.15) is 0 Å². The number of carbonyl (C=O) groups excluding carboxylic acids is 3. The van der Waals surface area contributed by atoms with Crippen molar-refractivity contribution in [2.75, 3.05) is 6.54 Å². The number of likely N-dealkylation sites (tertiary alicyclic amines) is 1. The van der Waals surface area contributed by atoms with Crippen molar-refractivity contribution in [3.63, 3.8) is 0 Å². The van der Waals surface area contributed by atoms with Crippen molar-refractivity contribution in [1.82, 2.24) is 15.5 Å². The Bertz CT molecular complexity index is 1370. The topological polar surface area (TPSA) is 162 Å². The molecule has 4 rings (SSSR count). The molecule has 1 heterocycles. The third-order valence-electron chi connectivity index (χ3n) is 7.36. The Morgan fingerprint density at radius 1 is 0.762 bits per heavy atom. The van der Waals surface area contributed by atoms with Gasteiger partial charge in [0.1, 0.15) is 23.9 Å². The molecule has 1 aliphatic rings. The molecule has 1 fully saturated rings. The number of hydrogen-bond acceptors (Lipinski definition) is 6. The number of carboxylic acid groups (broad SMARTS) is 1. The summed E-state index contributed by atoms with van der Waals surface area (Å²) in [5.41, 5.74) is 8.53. The molecule has 1 saturated heterocycles. The minimum atomic E-state index is -1.10. The van der Waals surface area contributed by atoms with Crippen LogP contribution in [0.5, 0.6) is 5.75 Å². The van der Waals surface area contributed by atoms with Crippen LogP contribution in [0.15, 0.2) is 84.9 Å². The number of carboxylic acids is 1. The summed E-state index contributed by atoms with van der Waals surface area (Å²) >= 11 is 0. The largest absolute Gasteiger partial charge is 0.508 e. The summed E-state index contributed by atoms with van der Waals surface area (Å²) in [5, 5.41) is 24.9. The molecule has 42 heavy (non-hydrogen) atoms. The Morgan fingerprint density at radius 3 is 1.88 bits per heavy atom. The number of hydrogen-bond donors (Lipinski definition) is 5. The first kappa shape index (κ1) is 30.3. The highest BCUT2D eigenvalue weighted by Crippen LogP contribution is 2.20. The van der Waals surface area contributed by atoms with Crippen molar-refractivity contribution >= 4 is 23.7 Å². The molecular weight excluding hydrogens is 536 g/mol. The number of nitrogens with zero attached hydrogens (tertiary/aromatic N) is 1. The molecule has 0 bridgehead atoms. The van der Waals surface area contributed by atoms with Crippen LogP contribution in [0.4, 0.5) is 0 Å². The zero-order valence-corrected chi connectivity index (χ0v) is 23.2. The van der Waals surface area contributed by atoms with E-state index < -0.39 is 47.9 Å². The van der Waals surface area contributed by atoms with Crippen molar-refractivity contribution in [2.45, 2.75) is 56.3 Å². The molecule has 4 unspecified atom stereocenters. The molecule has 6 N–H and O–H groups in total. The Balaban J connectivity index is 1.56. The fourth-order valence-corrected chi connectivity index (χ4v) is 5.13. The van der Waals surface area contributed by atoms with E-state index in [0.29, 0.717) is 18.4 Å². The molecule has 1 aliphatic heterocycles. The molecule has 3 amide bonds. The number of aliphatic carboxylic acids is 1. The summed E-state index contributed by atoms with van der Waals surface area (Å²) in [6.45, 7) is 0.260. The maximum absolute atomic E-state index is 13.8. The number of aromatic hydroxyl groups is 1. The van der Waals surface area contributed by atoms with Gasteiger partial charge >= 0.3 is 5.97 Å². The lowest BCUT2D eigenvalue weighted by Gasteiger charge is -2.29. The van der Waals surface area contributed by atoms with Crippen molar-refractivity contribution in [1.29, 1.82) is 0 Å². The first-order valence-corrected chi connectivity index (χ1v) is 14.0. The number of carbonyl (C=O) groups is 4. The van der Waals surface area contributed by atoms with Gasteiger partial charge in [0.2, 0.25) is 17.7 Å². The monoisotopic (exact) mass is 572 g/mol. The van der Waals surface area contributed by atoms with Gasteiger partial charge in [-0.25, -0.2) is 4.79 Å². The van der Waals surface area contributed by atoms with E-state index in [9.17, 15) is 29.4 Å². The lowest BCUT2D eigenvalue weighted by molar-refractivity contribution is -0.149. The SMILES string of the molecule is NC(Cc1ccccc1)C(=O)NC(Cc1ccccc1)C(=O)NC(Cc1ccc(O)cc1)C(=O)N1CCCC1C(=O)O. The summed E-state index contributed by atoms with van der Waals surface area (Å²) < 4.78 is 0. The Kier molecular flexibility index (Phi) is 10.3. The van der Waals surface area contributed by atoms with Gasteiger partial charge in [0, 0.05) is 19.4 Å². The van der Waals surface area contributed by atoms with E-state index in [0.717, 1.165) is 11.1 Å². The van der Waals surface area contributed by atoms with E-state index >= 15 is 0 Å². The van der Waals surface area contributed by atoms with Gasteiger partial charge < -0.3 is 31.5 Å². The summed E-state index contributed by atoms with van der Waals surface area (Å²) in [5.74, 6) is -2.68. The van der Waals surface area contributed by atoms with E-state index in [4.69, 9.17) is 5.73 Å². The third kappa shape index (κ3) is 8.17. The molecular formula is C32H36N4O6. The van der Waals surface area contributed by atoms with E-state index in [1.54, 1.807) is 12.1 Å². The van der Waals surface area contributed by atoms with E-state index in [-0.39, 0.29) is 31.6 Å². The molecule has 220 valence electrons. The average Bonchev–Trinajstić information content (AvgIpc) is 3.49. The highest BCUT2D eigenvalue weighted by Gasteiger charge is 2.38. The zero-order valence-electron chi connectivity index (χ0n) is 23.2. The van der Waals surface area contributed by atoms with E-state index in [2.05, 4.69) is 10.6 Å². The van der Waals surface area contributed by atoms with Crippen LogP contribution < -0.4 is 16.4 Å². The van der Waals surface area contributed by atoms with E-state index in [1.807, 2.05) is 60.7 Å². The molecule has 0 radical (unpaired) electrons. The number of nitrogens with two attached hydrogens (primary N) is 1. The molecule has 4 atom stereocenters. The van der Waals surface area contributed by atoms with Crippen LogP contribution in [-0.4, -0.2) is 69.5 Å². The van der Waals surface area contributed by atoms with Crippen molar-refractivity contribution in [2.24, 2.45) is 5.73 Å². The first-order valence-electron chi connectivity index (χ1n) is 14.0. The number of phenols is 1. The Morgan fingerprint density at radius 2 is 1.29 bits per heavy atom. The van der Waals surface area contributed by atoms with Crippen LogP contribution in [0.1, 0.15) is 29.5 Å². The number of amides is 3. The quantitative estimate of drug-likeness (QED) is 0.221. The van der Waals surface area contributed by atoms with Gasteiger partial charge in [0.15, 0.2) is 0 Å². The van der Waals surface area contributed by atoms with Crippen LogP contribution in [-0.2, 0) is 38.4 Å². The van der Waals surface area contributed by atoms with Crippen molar-refractivity contribution in [3.05, 3.63) is 102 Å². The number of rotatable bonds is 12. The second-order valence-corrected chi connectivity index (χ2v) is 10.5. The smallest absolute Gasteiger partial charge is 0.326 e. The predicted molar refractivity (Wildman–Crippen MR) is 156 cm³/mol. The van der Waals surface area contributed by atoms with Gasteiger partial charge in [-0.3, -0.25) is 14.4 Å². The van der Waals surface area contributed by atoms with Crippen LogP contribution in [0.25, 0.3) is 0 Å². The van der Waals surface area contributed by atoms with Gasteiger partial charge in [-0.05, 0) is 48.1 Å². The fourth-order valence-electron chi connectivity index (χ4n) is 5.13. The molecule has 3 aromatic carbocycles. The fraction of sp³-hybridized carbons (Fsp3) is 0.312. The second kappa shape index (κ2) is 14.3. The van der Waals surface area contributed by atoms with Crippen molar-refractivity contribution in [3.8, 4) is 5.75 Å². The summed E-state index contributed by atoms with van der Waals surface area (Å²) in [6.07, 6.45) is 1.35. The average molecular weight is 573 g/mol. The molecule has 10 heteroatoms. The minimum absolute atomic E-state index is 0.0497. The predicted octanol–water partition coefficient (Wildman–Crippen LogP) is 1.79. The van der Waals surface area contributed by atoms with E-state index in [1.165, 1.54) is 17.0 Å². The molecule has 0 aliphatic carbocycles. The number of benzene rings is 3.